The molecule has 1 aromatic carbocycles. The number of H-pyrrole nitrogens is 1. The van der Waals surface area contributed by atoms with Gasteiger partial charge in [-0.2, -0.15) is 5.10 Å². The SMILES string of the molecule is Cc1nc2c(-c3ccc(Cl)cc3F)nc(N3C[C@H](C)O[C@@H](c4cn[nH]c4)C3)cn2c(=O)c1C. The lowest BCUT2D eigenvalue weighted by Gasteiger charge is -2.37. The minimum Gasteiger partial charge on any atom is -0.367 e. The molecule has 0 unspecified atom stereocenters. The minimum absolute atomic E-state index is 0.0959. The lowest BCUT2D eigenvalue weighted by molar-refractivity contribution is -0.0176. The van der Waals surface area contributed by atoms with Gasteiger partial charge in [-0.25, -0.2) is 14.4 Å². The number of halogens is 2. The molecule has 1 saturated heterocycles. The Morgan fingerprint density at radius 2 is 2.06 bits per heavy atom. The fraction of sp³-hybridized carbons (Fsp3) is 0.304. The highest BCUT2D eigenvalue weighted by Crippen LogP contribution is 2.31. The van der Waals surface area contributed by atoms with Crippen molar-refractivity contribution in [2.24, 2.45) is 0 Å². The maximum atomic E-state index is 14.9. The lowest BCUT2D eigenvalue weighted by atomic mass is 10.1. The predicted octanol–water partition coefficient (Wildman–Crippen LogP) is 3.86. The normalized spacial score (nSPS) is 18.8. The van der Waals surface area contributed by atoms with E-state index in [-0.39, 0.29) is 34.0 Å². The second-order valence-corrected chi connectivity index (χ2v) is 8.70. The fourth-order valence-corrected chi connectivity index (χ4v) is 4.26. The number of aromatic nitrogens is 5. The van der Waals surface area contributed by atoms with Crippen molar-refractivity contribution in [2.45, 2.75) is 33.0 Å². The molecule has 4 aromatic rings. The Kier molecular flexibility index (Phi) is 5.38. The summed E-state index contributed by atoms with van der Waals surface area (Å²) in [6.07, 6.45) is 4.86. The molecule has 1 aliphatic rings. The van der Waals surface area contributed by atoms with Crippen molar-refractivity contribution < 1.29 is 9.13 Å². The Bertz CT molecular complexity index is 1400. The van der Waals surface area contributed by atoms with Crippen LogP contribution in [0.3, 0.4) is 0 Å². The Labute approximate surface area is 194 Å². The molecule has 5 rings (SSSR count). The van der Waals surface area contributed by atoms with Crippen molar-refractivity contribution in [3.05, 3.63) is 74.8 Å². The molecule has 0 amide bonds. The molecule has 8 nitrogen and oxygen atoms in total. The number of aryl methyl sites for hydroxylation is 1. The number of aromatic amines is 1. The highest BCUT2D eigenvalue weighted by atomic mass is 35.5. The molecule has 0 saturated carbocycles. The molecule has 0 bridgehead atoms. The maximum Gasteiger partial charge on any atom is 0.261 e. The molecular weight excluding hydrogens is 447 g/mol. The van der Waals surface area contributed by atoms with Gasteiger partial charge >= 0.3 is 0 Å². The summed E-state index contributed by atoms with van der Waals surface area (Å²) in [4.78, 5) is 24.5. The number of hydrogen-bond donors (Lipinski definition) is 1. The maximum absolute atomic E-state index is 14.9. The zero-order chi connectivity index (χ0) is 23.3. The summed E-state index contributed by atoms with van der Waals surface area (Å²) in [5.74, 6) is -0.00389. The van der Waals surface area contributed by atoms with E-state index in [4.69, 9.17) is 21.3 Å². The third kappa shape index (κ3) is 3.87. The highest BCUT2D eigenvalue weighted by molar-refractivity contribution is 6.30. The molecule has 33 heavy (non-hydrogen) atoms. The van der Waals surface area contributed by atoms with Gasteiger partial charge in [-0.15, -0.1) is 0 Å². The lowest BCUT2D eigenvalue weighted by Crippen LogP contribution is -2.43. The largest absolute Gasteiger partial charge is 0.367 e. The first-order valence-electron chi connectivity index (χ1n) is 10.6. The van der Waals surface area contributed by atoms with Gasteiger partial charge in [0.25, 0.3) is 5.56 Å². The molecule has 170 valence electrons. The average molecular weight is 469 g/mol. The summed E-state index contributed by atoms with van der Waals surface area (Å²) >= 11 is 5.97. The molecule has 10 heteroatoms. The van der Waals surface area contributed by atoms with Crippen LogP contribution in [0.15, 0.2) is 41.6 Å². The van der Waals surface area contributed by atoms with Gasteiger partial charge in [-0.05, 0) is 39.0 Å². The van der Waals surface area contributed by atoms with Crippen molar-refractivity contribution in [1.82, 2.24) is 24.6 Å². The number of rotatable bonds is 3. The third-order valence-electron chi connectivity index (χ3n) is 5.93. The summed E-state index contributed by atoms with van der Waals surface area (Å²) in [5.41, 5.74) is 2.60. The number of ether oxygens (including phenoxy) is 1. The molecule has 1 N–H and O–H groups in total. The molecule has 1 aliphatic heterocycles. The van der Waals surface area contributed by atoms with Crippen LogP contribution in [0.25, 0.3) is 16.9 Å². The Balaban J connectivity index is 1.71. The summed E-state index contributed by atoms with van der Waals surface area (Å²) in [5, 5.41) is 7.10. The Morgan fingerprint density at radius 1 is 1.24 bits per heavy atom. The number of hydrogen-bond acceptors (Lipinski definition) is 6. The van der Waals surface area contributed by atoms with Gasteiger partial charge < -0.3 is 9.64 Å². The molecular formula is C23H22ClFN6O2. The van der Waals surface area contributed by atoms with Crippen LogP contribution in [0, 0.1) is 19.7 Å². The van der Waals surface area contributed by atoms with Crippen molar-refractivity contribution >= 4 is 23.1 Å². The zero-order valence-corrected chi connectivity index (χ0v) is 19.1. The summed E-state index contributed by atoms with van der Waals surface area (Å²) in [6.45, 7) is 6.51. The van der Waals surface area contributed by atoms with Crippen LogP contribution in [-0.4, -0.2) is 43.8 Å². The number of benzene rings is 1. The quantitative estimate of drug-likeness (QED) is 0.491. The summed E-state index contributed by atoms with van der Waals surface area (Å²) in [6, 6.07) is 4.38. The van der Waals surface area contributed by atoms with E-state index < -0.39 is 5.82 Å². The smallest absolute Gasteiger partial charge is 0.261 e. The van der Waals surface area contributed by atoms with Crippen molar-refractivity contribution in [3.63, 3.8) is 0 Å². The van der Waals surface area contributed by atoms with Crippen LogP contribution in [0.1, 0.15) is 29.8 Å². The summed E-state index contributed by atoms with van der Waals surface area (Å²) < 4.78 is 22.5. The fourth-order valence-electron chi connectivity index (χ4n) is 4.10. The first-order valence-corrected chi connectivity index (χ1v) is 10.9. The van der Waals surface area contributed by atoms with Crippen LogP contribution >= 0.6 is 11.6 Å². The monoisotopic (exact) mass is 468 g/mol. The van der Waals surface area contributed by atoms with Crippen molar-refractivity contribution in [2.75, 3.05) is 18.0 Å². The van der Waals surface area contributed by atoms with Crippen LogP contribution in [0.4, 0.5) is 10.2 Å². The standard InChI is InChI=1S/C23H22ClFN6O2/c1-12-9-30(10-19(33-12)15-7-26-27-8-15)20-11-31-22(28-14(3)13(2)23(31)32)21(29-20)17-5-4-16(24)6-18(17)25/h4-8,11-12,19H,9-10H2,1-3H3,(H,26,27)/t12-,19+/m0/s1. The molecule has 4 heterocycles. The number of nitrogens with zero attached hydrogens (tertiary/aromatic N) is 5. The van der Waals surface area contributed by atoms with Gasteiger partial charge in [0.05, 0.1) is 25.0 Å². The Morgan fingerprint density at radius 3 is 2.79 bits per heavy atom. The zero-order valence-electron chi connectivity index (χ0n) is 18.3. The molecule has 2 atom stereocenters. The van der Waals surface area contributed by atoms with Crippen LogP contribution in [-0.2, 0) is 4.74 Å². The second kappa shape index (κ2) is 8.24. The number of morpholine rings is 1. The van der Waals surface area contributed by atoms with Crippen LogP contribution in [0.2, 0.25) is 5.02 Å². The van der Waals surface area contributed by atoms with E-state index in [0.29, 0.717) is 35.8 Å². The van der Waals surface area contributed by atoms with Gasteiger partial charge in [0.15, 0.2) is 5.65 Å². The first kappa shape index (κ1) is 21.5. The van der Waals surface area contributed by atoms with E-state index >= 15 is 0 Å². The van der Waals surface area contributed by atoms with Gasteiger partial charge in [0, 0.05) is 40.1 Å². The van der Waals surface area contributed by atoms with Crippen molar-refractivity contribution in [1.29, 1.82) is 0 Å². The number of nitrogens with one attached hydrogen (secondary N) is 1. The van der Waals surface area contributed by atoms with E-state index in [2.05, 4.69) is 15.2 Å². The van der Waals surface area contributed by atoms with E-state index in [1.165, 1.54) is 10.5 Å². The molecule has 3 aromatic heterocycles. The molecule has 0 spiro atoms. The van der Waals surface area contributed by atoms with Crippen LogP contribution < -0.4 is 10.5 Å². The third-order valence-corrected chi connectivity index (χ3v) is 6.16. The van der Waals surface area contributed by atoms with Gasteiger partial charge in [0.1, 0.15) is 23.4 Å². The Hall–Kier alpha value is -3.30. The highest BCUT2D eigenvalue weighted by Gasteiger charge is 2.29. The predicted molar refractivity (Wildman–Crippen MR) is 123 cm³/mol. The second-order valence-electron chi connectivity index (χ2n) is 8.26. The van der Waals surface area contributed by atoms with Gasteiger partial charge in [-0.1, -0.05) is 11.6 Å². The van der Waals surface area contributed by atoms with E-state index in [1.54, 1.807) is 44.6 Å². The topological polar surface area (TPSA) is 88.4 Å². The average Bonchev–Trinajstić information content (AvgIpc) is 3.32. The minimum atomic E-state index is -0.534. The number of fused-ring (bicyclic) bond motifs is 1. The van der Waals surface area contributed by atoms with E-state index in [1.807, 2.05) is 11.8 Å². The van der Waals surface area contributed by atoms with Gasteiger partial charge in [-0.3, -0.25) is 14.3 Å². The van der Waals surface area contributed by atoms with E-state index in [0.717, 1.165) is 5.56 Å². The first-order chi connectivity index (χ1) is 15.8. The van der Waals surface area contributed by atoms with Gasteiger partial charge in [0.2, 0.25) is 0 Å². The van der Waals surface area contributed by atoms with Crippen LogP contribution in [0.5, 0.6) is 0 Å². The molecule has 0 radical (unpaired) electrons. The van der Waals surface area contributed by atoms with E-state index in [9.17, 15) is 9.18 Å². The molecule has 1 fully saturated rings. The van der Waals surface area contributed by atoms with Crippen molar-refractivity contribution in [3.8, 4) is 11.3 Å². The number of anilines is 1. The molecule has 0 aliphatic carbocycles. The summed E-state index contributed by atoms with van der Waals surface area (Å²) in [7, 11) is 0.